The number of carbonyl (C=O) groups is 1. The van der Waals surface area contributed by atoms with Crippen LogP contribution in [-0.4, -0.2) is 29.7 Å². The average Bonchev–Trinajstić information content (AvgIpc) is 2.93. The lowest BCUT2D eigenvalue weighted by Crippen LogP contribution is -2.36. The van der Waals surface area contributed by atoms with Crippen LogP contribution in [0.25, 0.3) is 0 Å². The number of carbonyl (C=O) groups excluding carboxylic acids is 1. The van der Waals surface area contributed by atoms with E-state index in [1.807, 2.05) is 0 Å². The van der Waals surface area contributed by atoms with Crippen molar-refractivity contribution in [3.63, 3.8) is 0 Å². The number of rotatable bonds is 5. The van der Waals surface area contributed by atoms with Gasteiger partial charge in [-0.2, -0.15) is 0 Å². The Kier molecular flexibility index (Phi) is 5.37. The summed E-state index contributed by atoms with van der Waals surface area (Å²) in [5, 5.41) is 15.7. The summed E-state index contributed by atoms with van der Waals surface area (Å²) in [6.45, 7) is 6.87. The molecule has 116 valence electrons. The molecule has 4 heteroatoms. The van der Waals surface area contributed by atoms with Crippen LogP contribution in [0.3, 0.4) is 0 Å². The highest BCUT2D eigenvalue weighted by molar-refractivity contribution is 5.96. The van der Waals surface area contributed by atoms with Crippen molar-refractivity contribution < 1.29 is 9.90 Å². The summed E-state index contributed by atoms with van der Waals surface area (Å²) in [4.78, 5) is 12.4. The zero-order valence-corrected chi connectivity index (χ0v) is 13.2. The number of benzene rings is 1. The number of aliphatic hydroxyl groups is 1. The van der Waals surface area contributed by atoms with Crippen LogP contribution in [-0.2, 0) is 24.1 Å². The van der Waals surface area contributed by atoms with Crippen molar-refractivity contribution in [1.29, 1.82) is 0 Å². The van der Waals surface area contributed by atoms with Gasteiger partial charge in [0.05, 0.1) is 12.1 Å². The maximum atomic E-state index is 12.4. The maximum absolute atomic E-state index is 12.4. The van der Waals surface area contributed by atoms with E-state index in [0.717, 1.165) is 24.9 Å². The molecule has 0 spiro atoms. The normalized spacial score (nSPS) is 21.5. The highest BCUT2D eigenvalue weighted by atomic mass is 16.3. The van der Waals surface area contributed by atoms with Gasteiger partial charge < -0.3 is 15.7 Å². The van der Waals surface area contributed by atoms with Gasteiger partial charge in [-0.1, -0.05) is 32.9 Å². The molecule has 0 radical (unpaired) electrons. The van der Waals surface area contributed by atoms with Gasteiger partial charge in [-0.15, -0.1) is 0 Å². The topological polar surface area (TPSA) is 61.4 Å². The van der Waals surface area contributed by atoms with E-state index in [2.05, 4.69) is 43.5 Å². The third-order valence-electron chi connectivity index (χ3n) is 4.20. The molecule has 0 aliphatic carbocycles. The molecule has 1 aromatic carbocycles. The molecule has 21 heavy (non-hydrogen) atoms. The minimum absolute atomic E-state index is 0.0415. The standard InChI is InChI=1S/C17H26N2O2/c1-4-11-7-12(5-2)16(13(6-3)8-11)19-17(21)15-9-14(20)10-18-15/h7-8,14-15,18,20H,4-6,9-10H2,1-3H3,(H,19,21)/t14-,15+/m1/s1. The Hall–Kier alpha value is -1.39. The van der Waals surface area contributed by atoms with Gasteiger partial charge in [0.15, 0.2) is 0 Å². The molecule has 1 amide bonds. The summed E-state index contributed by atoms with van der Waals surface area (Å²) < 4.78 is 0. The van der Waals surface area contributed by atoms with Crippen LogP contribution in [0.15, 0.2) is 12.1 Å². The Balaban J connectivity index is 2.23. The quantitative estimate of drug-likeness (QED) is 0.777. The highest BCUT2D eigenvalue weighted by Gasteiger charge is 2.28. The molecule has 0 bridgehead atoms. The summed E-state index contributed by atoms with van der Waals surface area (Å²) in [7, 11) is 0. The Bertz CT molecular complexity index is 489. The molecule has 4 nitrogen and oxygen atoms in total. The highest BCUT2D eigenvalue weighted by Crippen LogP contribution is 2.26. The Morgan fingerprint density at radius 3 is 2.29 bits per heavy atom. The molecule has 0 unspecified atom stereocenters. The third kappa shape index (κ3) is 3.63. The van der Waals surface area contributed by atoms with E-state index in [4.69, 9.17) is 0 Å². The van der Waals surface area contributed by atoms with Crippen molar-refractivity contribution in [3.8, 4) is 0 Å². The lowest BCUT2D eigenvalue weighted by Gasteiger charge is -2.18. The molecule has 2 atom stereocenters. The van der Waals surface area contributed by atoms with E-state index in [9.17, 15) is 9.90 Å². The first-order valence-corrected chi connectivity index (χ1v) is 7.95. The molecule has 0 saturated carbocycles. The van der Waals surface area contributed by atoms with Crippen molar-refractivity contribution in [2.24, 2.45) is 0 Å². The second-order valence-electron chi connectivity index (χ2n) is 5.69. The maximum Gasteiger partial charge on any atom is 0.241 e. The van der Waals surface area contributed by atoms with E-state index in [1.54, 1.807) is 0 Å². The number of hydrogen-bond donors (Lipinski definition) is 3. The molecule has 1 heterocycles. The fourth-order valence-corrected chi connectivity index (χ4v) is 2.89. The molecule has 1 aromatic rings. The van der Waals surface area contributed by atoms with Crippen molar-refractivity contribution in [2.45, 2.75) is 58.6 Å². The van der Waals surface area contributed by atoms with Crippen LogP contribution in [0.5, 0.6) is 0 Å². The number of β-amino-alcohol motifs (C(OH)–C–C–N with tert-alkyl or cyclic N) is 1. The van der Waals surface area contributed by atoms with Gasteiger partial charge in [0.2, 0.25) is 5.91 Å². The van der Waals surface area contributed by atoms with Gasteiger partial charge in [-0.25, -0.2) is 0 Å². The molecular formula is C17H26N2O2. The SMILES string of the molecule is CCc1cc(CC)c(NC(=O)[C@@H]2C[C@@H](O)CN2)c(CC)c1. The first-order chi connectivity index (χ1) is 10.1. The van der Waals surface area contributed by atoms with Gasteiger partial charge >= 0.3 is 0 Å². The van der Waals surface area contributed by atoms with Crippen LogP contribution in [0.4, 0.5) is 5.69 Å². The van der Waals surface area contributed by atoms with Crippen molar-refractivity contribution in [3.05, 3.63) is 28.8 Å². The molecule has 2 rings (SSSR count). The number of anilines is 1. The summed E-state index contributed by atoms with van der Waals surface area (Å²) in [6.07, 6.45) is 2.88. The van der Waals surface area contributed by atoms with Crippen LogP contribution in [0, 0.1) is 0 Å². The van der Waals surface area contributed by atoms with Gasteiger partial charge in [0.1, 0.15) is 0 Å². The number of amides is 1. The molecule has 1 saturated heterocycles. The van der Waals surface area contributed by atoms with Crippen molar-refractivity contribution in [1.82, 2.24) is 5.32 Å². The van der Waals surface area contributed by atoms with E-state index >= 15 is 0 Å². The fraction of sp³-hybridized carbons (Fsp3) is 0.588. The third-order valence-corrected chi connectivity index (χ3v) is 4.20. The minimum atomic E-state index is -0.417. The zero-order chi connectivity index (χ0) is 15.4. The van der Waals surface area contributed by atoms with E-state index in [1.165, 1.54) is 16.7 Å². The van der Waals surface area contributed by atoms with Crippen LogP contribution < -0.4 is 10.6 Å². The van der Waals surface area contributed by atoms with Crippen LogP contribution >= 0.6 is 0 Å². The Morgan fingerprint density at radius 1 is 1.24 bits per heavy atom. The zero-order valence-electron chi connectivity index (χ0n) is 13.2. The first-order valence-electron chi connectivity index (χ1n) is 7.95. The van der Waals surface area contributed by atoms with Crippen LogP contribution in [0.1, 0.15) is 43.9 Å². The smallest absolute Gasteiger partial charge is 0.241 e. The van der Waals surface area contributed by atoms with E-state index in [-0.39, 0.29) is 11.9 Å². The average molecular weight is 290 g/mol. The minimum Gasteiger partial charge on any atom is -0.392 e. The lowest BCUT2D eigenvalue weighted by molar-refractivity contribution is -0.117. The van der Waals surface area contributed by atoms with Gasteiger partial charge in [0.25, 0.3) is 0 Å². The number of hydrogen-bond acceptors (Lipinski definition) is 3. The second kappa shape index (κ2) is 7.05. The number of aryl methyl sites for hydroxylation is 3. The summed E-state index contributed by atoms with van der Waals surface area (Å²) in [6, 6.07) is 4.08. The predicted octanol–water partition coefficient (Wildman–Crippen LogP) is 2.04. The van der Waals surface area contributed by atoms with Crippen molar-refractivity contribution >= 4 is 11.6 Å². The summed E-state index contributed by atoms with van der Waals surface area (Å²) in [5.74, 6) is -0.0415. The molecule has 1 aliphatic rings. The lowest BCUT2D eigenvalue weighted by atomic mass is 9.97. The predicted molar refractivity (Wildman–Crippen MR) is 85.6 cm³/mol. The van der Waals surface area contributed by atoms with Gasteiger partial charge in [0, 0.05) is 12.2 Å². The molecule has 1 aliphatic heterocycles. The second-order valence-corrected chi connectivity index (χ2v) is 5.69. The largest absolute Gasteiger partial charge is 0.392 e. The molecular weight excluding hydrogens is 264 g/mol. The molecule has 3 N–H and O–H groups in total. The van der Waals surface area contributed by atoms with Crippen LogP contribution in [0.2, 0.25) is 0 Å². The van der Waals surface area contributed by atoms with E-state index in [0.29, 0.717) is 13.0 Å². The molecule has 0 aromatic heterocycles. The number of nitrogens with one attached hydrogen (secondary N) is 2. The Morgan fingerprint density at radius 2 is 1.86 bits per heavy atom. The van der Waals surface area contributed by atoms with Gasteiger partial charge in [-0.05, 0) is 42.4 Å². The van der Waals surface area contributed by atoms with Gasteiger partial charge in [-0.3, -0.25) is 4.79 Å². The summed E-state index contributed by atoms with van der Waals surface area (Å²) >= 11 is 0. The summed E-state index contributed by atoms with van der Waals surface area (Å²) in [5.41, 5.74) is 4.66. The first kappa shape index (κ1) is 16.0. The number of aliphatic hydroxyl groups excluding tert-OH is 1. The molecule has 1 fully saturated rings. The monoisotopic (exact) mass is 290 g/mol. The van der Waals surface area contributed by atoms with E-state index < -0.39 is 6.10 Å². The Labute approximate surface area is 126 Å². The fourth-order valence-electron chi connectivity index (χ4n) is 2.89. The van der Waals surface area contributed by atoms with Crippen molar-refractivity contribution in [2.75, 3.05) is 11.9 Å².